The highest BCUT2D eigenvalue weighted by Crippen LogP contribution is 2.24. The summed E-state index contributed by atoms with van der Waals surface area (Å²) >= 11 is 1.13. The highest BCUT2D eigenvalue weighted by atomic mass is 32.2. The van der Waals surface area contributed by atoms with Crippen LogP contribution in [-0.2, 0) is 0 Å². The molecule has 0 aromatic heterocycles. The van der Waals surface area contributed by atoms with E-state index in [4.69, 9.17) is 4.74 Å². The molecule has 1 N–H and O–H groups in total. The Balaban J connectivity index is 1.71. The minimum Gasteiger partial charge on any atom is -0.497 e. The SMILES string of the molecule is COc1ccc(SC(=O)Nc2ccccc2C#Cc2ccccc2)cc1. The molecule has 0 bridgehead atoms. The lowest BCUT2D eigenvalue weighted by Gasteiger charge is -2.07. The van der Waals surface area contributed by atoms with E-state index in [9.17, 15) is 4.79 Å². The summed E-state index contributed by atoms with van der Waals surface area (Å²) in [6.45, 7) is 0. The van der Waals surface area contributed by atoms with Gasteiger partial charge in [0, 0.05) is 16.0 Å². The molecule has 0 atom stereocenters. The van der Waals surface area contributed by atoms with Gasteiger partial charge in [0.2, 0.25) is 0 Å². The molecule has 0 saturated carbocycles. The molecule has 0 aliphatic heterocycles. The third kappa shape index (κ3) is 4.92. The molecule has 3 aromatic carbocycles. The second kappa shape index (κ2) is 8.80. The van der Waals surface area contributed by atoms with Gasteiger partial charge in [-0.15, -0.1) is 0 Å². The van der Waals surface area contributed by atoms with Crippen LogP contribution in [0.5, 0.6) is 5.75 Å². The van der Waals surface area contributed by atoms with Gasteiger partial charge in [-0.3, -0.25) is 4.79 Å². The number of amides is 1. The van der Waals surface area contributed by atoms with Crippen LogP contribution in [0.15, 0.2) is 83.8 Å². The molecule has 0 saturated heterocycles. The van der Waals surface area contributed by atoms with E-state index in [1.165, 1.54) is 0 Å². The van der Waals surface area contributed by atoms with Crippen molar-refractivity contribution < 1.29 is 9.53 Å². The van der Waals surface area contributed by atoms with Crippen LogP contribution in [0.2, 0.25) is 0 Å². The normalized spacial score (nSPS) is 9.73. The van der Waals surface area contributed by atoms with Crippen molar-refractivity contribution in [1.29, 1.82) is 0 Å². The van der Waals surface area contributed by atoms with Gasteiger partial charge in [0.05, 0.1) is 12.8 Å². The van der Waals surface area contributed by atoms with Crippen molar-refractivity contribution in [3.63, 3.8) is 0 Å². The van der Waals surface area contributed by atoms with E-state index in [0.717, 1.165) is 33.5 Å². The summed E-state index contributed by atoms with van der Waals surface area (Å²) in [6.07, 6.45) is 0. The summed E-state index contributed by atoms with van der Waals surface area (Å²) < 4.78 is 5.12. The first-order chi connectivity index (χ1) is 12.7. The van der Waals surface area contributed by atoms with Gasteiger partial charge in [-0.1, -0.05) is 42.2 Å². The lowest BCUT2D eigenvalue weighted by Crippen LogP contribution is -2.06. The molecular weight excluding hydrogens is 342 g/mol. The molecule has 3 aromatic rings. The maximum absolute atomic E-state index is 12.3. The Morgan fingerprint density at radius 2 is 1.58 bits per heavy atom. The molecule has 0 heterocycles. The second-order valence-electron chi connectivity index (χ2n) is 5.35. The number of thioether (sulfide) groups is 1. The number of ether oxygens (including phenoxy) is 1. The van der Waals surface area contributed by atoms with Crippen LogP contribution in [-0.4, -0.2) is 12.3 Å². The van der Waals surface area contributed by atoms with Crippen molar-refractivity contribution in [1.82, 2.24) is 0 Å². The summed E-state index contributed by atoms with van der Waals surface area (Å²) in [7, 11) is 1.61. The van der Waals surface area contributed by atoms with E-state index in [2.05, 4.69) is 17.2 Å². The van der Waals surface area contributed by atoms with E-state index in [0.29, 0.717) is 5.69 Å². The monoisotopic (exact) mass is 359 g/mol. The minimum absolute atomic E-state index is 0.163. The van der Waals surface area contributed by atoms with Crippen LogP contribution >= 0.6 is 11.8 Å². The van der Waals surface area contributed by atoms with E-state index in [-0.39, 0.29) is 5.24 Å². The Kier molecular flexibility index (Phi) is 5.97. The van der Waals surface area contributed by atoms with Crippen LogP contribution in [0.25, 0.3) is 0 Å². The van der Waals surface area contributed by atoms with Crippen LogP contribution in [0.4, 0.5) is 10.5 Å². The third-order valence-corrected chi connectivity index (χ3v) is 4.34. The van der Waals surface area contributed by atoms with Crippen LogP contribution in [0.3, 0.4) is 0 Å². The zero-order chi connectivity index (χ0) is 18.2. The van der Waals surface area contributed by atoms with E-state index in [1.807, 2.05) is 78.9 Å². The molecular formula is C22H17NO2S. The quantitative estimate of drug-likeness (QED) is 0.501. The molecule has 0 unspecified atom stereocenters. The van der Waals surface area contributed by atoms with Crippen LogP contribution in [0.1, 0.15) is 11.1 Å². The molecule has 3 nitrogen and oxygen atoms in total. The molecule has 26 heavy (non-hydrogen) atoms. The van der Waals surface area contributed by atoms with Crippen LogP contribution in [0, 0.1) is 11.8 Å². The zero-order valence-electron chi connectivity index (χ0n) is 14.2. The van der Waals surface area contributed by atoms with Gasteiger partial charge >= 0.3 is 0 Å². The molecule has 128 valence electrons. The Labute approximate surface area is 157 Å². The van der Waals surface area contributed by atoms with Crippen molar-refractivity contribution in [2.45, 2.75) is 4.90 Å². The smallest absolute Gasteiger partial charge is 0.288 e. The highest BCUT2D eigenvalue weighted by Gasteiger charge is 2.07. The Hall–Kier alpha value is -3.16. The number of anilines is 1. The number of benzene rings is 3. The third-order valence-electron chi connectivity index (χ3n) is 3.55. The Bertz CT molecular complexity index is 941. The van der Waals surface area contributed by atoms with Gasteiger partial charge in [-0.2, -0.15) is 0 Å². The lowest BCUT2D eigenvalue weighted by atomic mass is 10.1. The number of nitrogens with one attached hydrogen (secondary N) is 1. The van der Waals surface area contributed by atoms with Crippen molar-refractivity contribution in [2.75, 3.05) is 12.4 Å². The summed E-state index contributed by atoms with van der Waals surface area (Å²) in [5.74, 6) is 7.00. The van der Waals surface area contributed by atoms with Crippen molar-refractivity contribution in [3.8, 4) is 17.6 Å². The average Bonchev–Trinajstić information content (AvgIpc) is 2.68. The van der Waals surface area contributed by atoms with Gasteiger partial charge in [0.25, 0.3) is 5.24 Å². The molecule has 3 rings (SSSR count). The topological polar surface area (TPSA) is 38.3 Å². The van der Waals surface area contributed by atoms with Gasteiger partial charge in [-0.25, -0.2) is 0 Å². The fraction of sp³-hybridized carbons (Fsp3) is 0.0455. The van der Waals surface area contributed by atoms with Crippen molar-refractivity contribution >= 4 is 22.7 Å². The first kappa shape index (κ1) is 17.7. The van der Waals surface area contributed by atoms with Gasteiger partial charge in [0.1, 0.15) is 5.75 Å². The van der Waals surface area contributed by atoms with Crippen LogP contribution < -0.4 is 10.1 Å². The number of carbonyl (C=O) groups is 1. The van der Waals surface area contributed by atoms with E-state index < -0.39 is 0 Å². The minimum atomic E-state index is -0.163. The summed E-state index contributed by atoms with van der Waals surface area (Å²) in [5.41, 5.74) is 2.41. The largest absolute Gasteiger partial charge is 0.497 e. The number of carbonyl (C=O) groups excluding carboxylic acids is 1. The lowest BCUT2D eigenvalue weighted by molar-refractivity contribution is 0.269. The highest BCUT2D eigenvalue weighted by molar-refractivity contribution is 8.13. The number of rotatable bonds is 3. The fourth-order valence-electron chi connectivity index (χ4n) is 2.25. The number of para-hydroxylation sites is 1. The summed E-state index contributed by atoms with van der Waals surface area (Å²) in [5, 5.41) is 2.75. The average molecular weight is 359 g/mol. The van der Waals surface area contributed by atoms with Crippen molar-refractivity contribution in [2.24, 2.45) is 0 Å². The summed E-state index contributed by atoms with van der Waals surface area (Å²) in [6, 6.07) is 24.6. The maximum atomic E-state index is 12.3. The summed E-state index contributed by atoms with van der Waals surface area (Å²) in [4.78, 5) is 13.2. The van der Waals surface area contributed by atoms with Gasteiger partial charge in [0.15, 0.2) is 0 Å². The standard InChI is InChI=1S/C22H17NO2S/c1-25-19-13-15-20(16-14-19)26-22(24)23-21-10-6-5-9-18(21)12-11-17-7-3-2-4-8-17/h2-10,13-16H,1H3,(H,23,24). The fourth-order valence-corrected chi connectivity index (χ4v) is 2.90. The number of methoxy groups -OCH3 is 1. The van der Waals surface area contributed by atoms with Crippen molar-refractivity contribution in [3.05, 3.63) is 90.0 Å². The number of hydrogen-bond donors (Lipinski definition) is 1. The zero-order valence-corrected chi connectivity index (χ0v) is 15.0. The predicted octanol–water partition coefficient (Wildman–Crippen LogP) is 5.42. The number of hydrogen-bond acceptors (Lipinski definition) is 3. The molecule has 0 radical (unpaired) electrons. The van der Waals surface area contributed by atoms with E-state index >= 15 is 0 Å². The molecule has 0 spiro atoms. The Morgan fingerprint density at radius 1 is 0.885 bits per heavy atom. The Morgan fingerprint density at radius 3 is 2.31 bits per heavy atom. The predicted molar refractivity (Wildman–Crippen MR) is 107 cm³/mol. The second-order valence-corrected chi connectivity index (χ2v) is 6.40. The molecule has 4 heteroatoms. The van der Waals surface area contributed by atoms with E-state index in [1.54, 1.807) is 7.11 Å². The molecule has 0 aliphatic carbocycles. The molecule has 0 fully saturated rings. The van der Waals surface area contributed by atoms with Gasteiger partial charge in [-0.05, 0) is 60.3 Å². The van der Waals surface area contributed by atoms with Gasteiger partial charge < -0.3 is 10.1 Å². The first-order valence-electron chi connectivity index (χ1n) is 8.03. The molecule has 0 aliphatic rings. The first-order valence-corrected chi connectivity index (χ1v) is 8.85. The maximum Gasteiger partial charge on any atom is 0.288 e. The molecule has 1 amide bonds.